The van der Waals surface area contributed by atoms with Crippen molar-refractivity contribution >= 4 is 21.8 Å². The summed E-state index contributed by atoms with van der Waals surface area (Å²) in [5.74, 6) is 0.229. The van der Waals surface area contributed by atoms with Gasteiger partial charge in [-0.15, -0.1) is 0 Å². The van der Waals surface area contributed by atoms with E-state index in [2.05, 4.69) is 25.9 Å². The monoisotopic (exact) mass is 347 g/mol. The van der Waals surface area contributed by atoms with Gasteiger partial charge in [-0.05, 0) is 59.3 Å². The lowest BCUT2D eigenvalue weighted by Crippen LogP contribution is -2.16. The number of ether oxygens (including phenoxy) is 1. The number of primary amides is 1. The summed E-state index contributed by atoms with van der Waals surface area (Å²) in [6, 6.07) is 3.57. The Morgan fingerprint density at radius 1 is 1.24 bits per heavy atom. The highest BCUT2D eigenvalue weighted by molar-refractivity contribution is 9.10. The second kappa shape index (κ2) is 5.81. The van der Waals surface area contributed by atoms with E-state index in [1.165, 1.54) is 0 Å². The third-order valence-corrected chi connectivity index (χ3v) is 3.86. The molecule has 2 heterocycles. The first-order chi connectivity index (χ1) is 10.1. The van der Waals surface area contributed by atoms with Gasteiger partial charge >= 0.3 is 0 Å². The summed E-state index contributed by atoms with van der Waals surface area (Å²) in [4.78, 5) is 20.2. The number of amides is 1. The molecule has 3 rings (SSSR count). The summed E-state index contributed by atoms with van der Waals surface area (Å²) in [7, 11) is 0. The van der Waals surface area contributed by atoms with Crippen LogP contribution in [0.5, 0.6) is 11.6 Å². The fourth-order valence-corrected chi connectivity index (χ4v) is 2.77. The summed E-state index contributed by atoms with van der Waals surface area (Å²) in [5.41, 5.74) is 7.85. The van der Waals surface area contributed by atoms with Crippen LogP contribution in [0.2, 0.25) is 0 Å². The number of nitrogens with two attached hydrogens (primary N) is 1. The van der Waals surface area contributed by atoms with Crippen molar-refractivity contribution in [3.8, 4) is 11.6 Å². The molecule has 0 atom stereocenters. The maximum Gasteiger partial charge on any atom is 0.254 e. The summed E-state index contributed by atoms with van der Waals surface area (Å²) >= 11 is 3.33. The van der Waals surface area contributed by atoms with Crippen LogP contribution < -0.4 is 10.5 Å². The van der Waals surface area contributed by atoms with Crippen molar-refractivity contribution in [3.63, 3.8) is 0 Å². The highest BCUT2D eigenvalue weighted by Crippen LogP contribution is 2.29. The zero-order valence-electron chi connectivity index (χ0n) is 11.3. The van der Waals surface area contributed by atoms with Gasteiger partial charge in [-0.1, -0.05) is 0 Å². The van der Waals surface area contributed by atoms with Crippen LogP contribution in [-0.2, 0) is 12.8 Å². The predicted octanol–water partition coefficient (Wildman–Crippen LogP) is 3.01. The Hall–Kier alpha value is -1.95. The van der Waals surface area contributed by atoms with Gasteiger partial charge < -0.3 is 10.5 Å². The van der Waals surface area contributed by atoms with E-state index in [0.29, 0.717) is 11.3 Å². The van der Waals surface area contributed by atoms with E-state index < -0.39 is 5.91 Å². The Bertz CT molecular complexity index is 703. The molecule has 0 unspecified atom stereocenters. The summed E-state index contributed by atoms with van der Waals surface area (Å²) < 4.78 is 6.50. The van der Waals surface area contributed by atoms with Gasteiger partial charge in [-0.25, -0.2) is 4.98 Å². The first-order valence-corrected chi connectivity index (χ1v) is 7.54. The molecule has 1 aliphatic carbocycles. The first kappa shape index (κ1) is 14.0. The number of hydrogen-bond acceptors (Lipinski definition) is 4. The van der Waals surface area contributed by atoms with E-state index >= 15 is 0 Å². The number of carbonyl (C=O) groups excluding carboxylic acids is 1. The zero-order chi connectivity index (χ0) is 14.8. The van der Waals surface area contributed by atoms with Crippen molar-refractivity contribution in [2.75, 3.05) is 0 Å². The Kier molecular flexibility index (Phi) is 3.88. The standard InChI is InChI=1S/C15H14BrN3O2/c16-10-6-11(8-18-7-10)21-15-12(14(17)20)5-9-3-1-2-4-13(9)19-15/h5-8H,1-4H2,(H2,17,20). The average Bonchev–Trinajstić information content (AvgIpc) is 2.46. The van der Waals surface area contributed by atoms with Crippen LogP contribution in [0.15, 0.2) is 29.0 Å². The minimum absolute atomic E-state index is 0.253. The average molecular weight is 348 g/mol. The smallest absolute Gasteiger partial charge is 0.254 e. The van der Waals surface area contributed by atoms with Crippen molar-refractivity contribution in [2.24, 2.45) is 5.73 Å². The SMILES string of the molecule is NC(=O)c1cc2c(nc1Oc1cncc(Br)c1)CCCC2. The molecule has 0 saturated carbocycles. The molecule has 0 aliphatic heterocycles. The molecular weight excluding hydrogens is 334 g/mol. The lowest BCUT2D eigenvalue weighted by molar-refractivity contribution is 0.0997. The van der Waals surface area contributed by atoms with Crippen LogP contribution >= 0.6 is 15.9 Å². The number of aromatic nitrogens is 2. The van der Waals surface area contributed by atoms with Crippen LogP contribution in [0.4, 0.5) is 0 Å². The van der Waals surface area contributed by atoms with Crippen LogP contribution in [0, 0.1) is 0 Å². The maximum absolute atomic E-state index is 11.6. The van der Waals surface area contributed by atoms with Gasteiger partial charge in [-0.3, -0.25) is 9.78 Å². The van der Waals surface area contributed by atoms with Crippen molar-refractivity contribution < 1.29 is 9.53 Å². The van der Waals surface area contributed by atoms with Crippen LogP contribution in [0.3, 0.4) is 0 Å². The molecule has 5 nitrogen and oxygen atoms in total. The summed E-state index contributed by atoms with van der Waals surface area (Å²) in [6.45, 7) is 0. The number of halogens is 1. The van der Waals surface area contributed by atoms with E-state index in [0.717, 1.165) is 41.4 Å². The molecule has 6 heteroatoms. The number of aryl methyl sites for hydroxylation is 2. The third kappa shape index (κ3) is 3.05. The third-order valence-electron chi connectivity index (χ3n) is 3.43. The molecule has 1 amide bonds. The normalized spacial score (nSPS) is 13.6. The van der Waals surface area contributed by atoms with Gasteiger partial charge in [0.25, 0.3) is 5.91 Å². The minimum Gasteiger partial charge on any atom is -0.437 e. The minimum atomic E-state index is -0.533. The van der Waals surface area contributed by atoms with E-state index in [1.54, 1.807) is 18.5 Å². The van der Waals surface area contributed by atoms with Crippen LogP contribution in [0.1, 0.15) is 34.5 Å². The number of nitrogens with zero attached hydrogens (tertiary/aromatic N) is 2. The van der Waals surface area contributed by atoms with E-state index in [1.807, 2.05) is 6.07 Å². The molecule has 2 aromatic heterocycles. The number of fused-ring (bicyclic) bond motifs is 1. The Morgan fingerprint density at radius 3 is 2.81 bits per heavy atom. The van der Waals surface area contributed by atoms with E-state index in [-0.39, 0.29) is 5.88 Å². The topological polar surface area (TPSA) is 78.1 Å². The number of hydrogen-bond donors (Lipinski definition) is 1. The number of rotatable bonds is 3. The van der Waals surface area contributed by atoms with Gasteiger partial charge in [-0.2, -0.15) is 0 Å². The molecular formula is C15H14BrN3O2. The largest absolute Gasteiger partial charge is 0.437 e. The summed E-state index contributed by atoms with van der Waals surface area (Å²) in [6.07, 6.45) is 7.28. The lowest BCUT2D eigenvalue weighted by atomic mass is 9.95. The van der Waals surface area contributed by atoms with Gasteiger partial charge in [0.15, 0.2) is 0 Å². The van der Waals surface area contributed by atoms with Crippen molar-refractivity contribution in [1.82, 2.24) is 9.97 Å². The van der Waals surface area contributed by atoms with Crippen molar-refractivity contribution in [3.05, 3.63) is 45.8 Å². The Balaban J connectivity index is 2.01. The molecule has 108 valence electrons. The zero-order valence-corrected chi connectivity index (χ0v) is 12.9. The summed E-state index contributed by atoms with van der Waals surface area (Å²) in [5, 5.41) is 0. The highest BCUT2D eigenvalue weighted by Gasteiger charge is 2.19. The van der Waals surface area contributed by atoms with Crippen LogP contribution in [0.25, 0.3) is 0 Å². The van der Waals surface area contributed by atoms with E-state index in [4.69, 9.17) is 10.5 Å². The molecule has 21 heavy (non-hydrogen) atoms. The molecule has 0 aromatic carbocycles. The Morgan fingerprint density at radius 2 is 2.05 bits per heavy atom. The maximum atomic E-state index is 11.6. The quantitative estimate of drug-likeness (QED) is 0.925. The van der Waals surface area contributed by atoms with Gasteiger partial charge in [0, 0.05) is 16.4 Å². The van der Waals surface area contributed by atoms with E-state index in [9.17, 15) is 4.79 Å². The molecule has 0 spiro atoms. The van der Waals surface area contributed by atoms with Gasteiger partial charge in [0.05, 0.1) is 6.20 Å². The second-order valence-electron chi connectivity index (χ2n) is 4.96. The predicted molar refractivity (Wildman–Crippen MR) is 81.4 cm³/mol. The van der Waals surface area contributed by atoms with Crippen molar-refractivity contribution in [1.29, 1.82) is 0 Å². The number of pyridine rings is 2. The fourth-order valence-electron chi connectivity index (χ4n) is 2.43. The molecule has 0 fully saturated rings. The molecule has 0 bridgehead atoms. The first-order valence-electron chi connectivity index (χ1n) is 6.74. The molecule has 0 radical (unpaired) electrons. The van der Waals surface area contributed by atoms with Crippen LogP contribution in [-0.4, -0.2) is 15.9 Å². The second-order valence-corrected chi connectivity index (χ2v) is 5.87. The van der Waals surface area contributed by atoms with Crippen molar-refractivity contribution in [2.45, 2.75) is 25.7 Å². The highest BCUT2D eigenvalue weighted by atomic mass is 79.9. The fraction of sp³-hybridized carbons (Fsp3) is 0.267. The number of carbonyl (C=O) groups is 1. The molecule has 2 N–H and O–H groups in total. The molecule has 0 saturated heterocycles. The Labute approximate surface area is 130 Å². The lowest BCUT2D eigenvalue weighted by Gasteiger charge is -2.17. The van der Waals surface area contributed by atoms with Gasteiger partial charge in [0.1, 0.15) is 11.3 Å². The molecule has 2 aromatic rings. The molecule has 1 aliphatic rings. The van der Waals surface area contributed by atoms with Gasteiger partial charge in [0.2, 0.25) is 5.88 Å².